The van der Waals surface area contributed by atoms with Crippen LogP contribution in [0.5, 0.6) is 0 Å². The van der Waals surface area contributed by atoms with Gasteiger partial charge in [0.05, 0.1) is 6.10 Å². The van der Waals surface area contributed by atoms with Crippen molar-refractivity contribution in [1.82, 2.24) is 9.80 Å². The van der Waals surface area contributed by atoms with Crippen LogP contribution in [0.2, 0.25) is 0 Å². The Balaban J connectivity index is 1.66. The van der Waals surface area contributed by atoms with E-state index in [1.807, 2.05) is 0 Å². The zero-order chi connectivity index (χ0) is 14.8. The Morgan fingerprint density at radius 2 is 1.76 bits per heavy atom. The lowest BCUT2D eigenvalue weighted by atomic mass is 9.80. The molecule has 2 heterocycles. The maximum atomic E-state index is 12.9. The van der Waals surface area contributed by atoms with Crippen LogP contribution in [0.25, 0.3) is 0 Å². The molecule has 21 heavy (non-hydrogen) atoms. The monoisotopic (exact) mass is 294 g/mol. The molecule has 0 bridgehead atoms. The summed E-state index contributed by atoms with van der Waals surface area (Å²) < 4.78 is 0. The first-order valence-electron chi connectivity index (χ1n) is 8.90. The molecule has 1 aliphatic carbocycles. The molecule has 3 fully saturated rings. The minimum absolute atomic E-state index is 0.197. The maximum Gasteiger partial charge on any atom is 0.320 e. The van der Waals surface area contributed by atoms with Crippen molar-refractivity contribution in [3.63, 3.8) is 0 Å². The molecule has 0 aromatic heterocycles. The number of carbonyl (C=O) groups is 1. The van der Waals surface area contributed by atoms with Gasteiger partial charge in [-0.3, -0.25) is 0 Å². The van der Waals surface area contributed by atoms with Gasteiger partial charge >= 0.3 is 6.03 Å². The van der Waals surface area contributed by atoms with E-state index in [1.165, 1.54) is 12.8 Å². The van der Waals surface area contributed by atoms with Crippen molar-refractivity contribution in [3.05, 3.63) is 0 Å². The second-order valence-corrected chi connectivity index (χ2v) is 7.39. The molecule has 1 saturated carbocycles. The van der Waals surface area contributed by atoms with Crippen molar-refractivity contribution in [2.75, 3.05) is 19.6 Å². The second kappa shape index (κ2) is 6.55. The van der Waals surface area contributed by atoms with Crippen LogP contribution >= 0.6 is 0 Å². The lowest BCUT2D eigenvalue weighted by Gasteiger charge is -2.40. The summed E-state index contributed by atoms with van der Waals surface area (Å²) in [6, 6.07) is 0.520. The third-order valence-electron chi connectivity index (χ3n) is 5.75. The number of carbonyl (C=O) groups excluding carboxylic acids is 1. The summed E-state index contributed by atoms with van der Waals surface area (Å²) in [5, 5.41) is 10.3. The van der Waals surface area contributed by atoms with Gasteiger partial charge in [0.25, 0.3) is 0 Å². The number of aliphatic hydroxyl groups is 1. The van der Waals surface area contributed by atoms with E-state index >= 15 is 0 Å². The van der Waals surface area contributed by atoms with Crippen LogP contribution in [0.1, 0.15) is 58.3 Å². The summed E-state index contributed by atoms with van der Waals surface area (Å²) in [4.78, 5) is 17.0. The molecular weight excluding hydrogens is 264 g/mol. The molecular formula is C17H30N2O2. The lowest BCUT2D eigenvalue weighted by molar-refractivity contribution is 0.0248. The molecule has 4 heteroatoms. The summed E-state index contributed by atoms with van der Waals surface area (Å²) in [7, 11) is 0. The van der Waals surface area contributed by atoms with Crippen LogP contribution in [0.3, 0.4) is 0 Å². The van der Waals surface area contributed by atoms with Gasteiger partial charge in [-0.25, -0.2) is 4.79 Å². The molecule has 4 nitrogen and oxygen atoms in total. The Hall–Kier alpha value is -0.770. The lowest BCUT2D eigenvalue weighted by Crippen LogP contribution is -2.52. The Labute approximate surface area is 128 Å². The molecule has 120 valence electrons. The molecule has 0 aromatic rings. The zero-order valence-electron chi connectivity index (χ0n) is 13.3. The van der Waals surface area contributed by atoms with Gasteiger partial charge in [0.1, 0.15) is 0 Å². The Morgan fingerprint density at radius 3 is 2.52 bits per heavy atom. The molecule has 3 aliphatic rings. The molecule has 2 aliphatic heterocycles. The smallest absolute Gasteiger partial charge is 0.320 e. The predicted octanol–water partition coefficient (Wildman–Crippen LogP) is 2.85. The van der Waals surface area contributed by atoms with Gasteiger partial charge in [-0.05, 0) is 44.4 Å². The SMILES string of the molecule is CC1CCCN(C(=O)N2CCCC2C2CCCCC2O)C1. The van der Waals surface area contributed by atoms with Gasteiger partial charge in [0, 0.05) is 31.6 Å². The number of urea groups is 1. The van der Waals surface area contributed by atoms with E-state index in [1.54, 1.807) is 0 Å². The van der Waals surface area contributed by atoms with Crippen molar-refractivity contribution in [2.45, 2.75) is 70.4 Å². The van der Waals surface area contributed by atoms with Crippen molar-refractivity contribution < 1.29 is 9.90 Å². The number of aliphatic hydroxyl groups excluding tert-OH is 1. The van der Waals surface area contributed by atoms with E-state index in [9.17, 15) is 9.90 Å². The molecule has 2 saturated heterocycles. The van der Waals surface area contributed by atoms with E-state index in [0.717, 1.165) is 58.2 Å². The molecule has 4 atom stereocenters. The highest BCUT2D eigenvalue weighted by atomic mass is 16.3. The fraction of sp³-hybridized carbons (Fsp3) is 0.941. The van der Waals surface area contributed by atoms with Gasteiger partial charge in [0.15, 0.2) is 0 Å². The zero-order valence-corrected chi connectivity index (χ0v) is 13.3. The standard InChI is InChI=1S/C17H30N2O2/c1-13-6-4-10-18(12-13)17(21)19-11-5-8-15(19)14-7-2-3-9-16(14)20/h13-16,20H,2-12H2,1H3. The van der Waals surface area contributed by atoms with Crippen molar-refractivity contribution >= 4 is 6.03 Å². The Bertz CT molecular complexity index is 374. The first-order chi connectivity index (χ1) is 10.2. The molecule has 0 spiro atoms. The molecule has 1 N–H and O–H groups in total. The van der Waals surface area contributed by atoms with E-state index in [-0.39, 0.29) is 18.2 Å². The minimum Gasteiger partial charge on any atom is -0.393 e. The normalized spacial score (nSPS) is 37.8. The van der Waals surface area contributed by atoms with E-state index in [0.29, 0.717) is 11.8 Å². The van der Waals surface area contributed by atoms with Gasteiger partial charge < -0.3 is 14.9 Å². The summed E-state index contributed by atoms with van der Waals surface area (Å²) >= 11 is 0. The topological polar surface area (TPSA) is 43.8 Å². The highest BCUT2D eigenvalue weighted by Gasteiger charge is 2.40. The first-order valence-corrected chi connectivity index (χ1v) is 8.90. The van der Waals surface area contributed by atoms with Crippen molar-refractivity contribution in [3.8, 4) is 0 Å². The van der Waals surface area contributed by atoms with Gasteiger partial charge in [-0.1, -0.05) is 19.8 Å². The Kier molecular flexibility index (Phi) is 4.72. The number of nitrogens with zero attached hydrogens (tertiary/aromatic N) is 2. The fourth-order valence-corrected chi connectivity index (χ4v) is 4.61. The molecule has 0 aromatic carbocycles. The Morgan fingerprint density at radius 1 is 1.00 bits per heavy atom. The maximum absolute atomic E-state index is 12.9. The van der Waals surface area contributed by atoms with Crippen molar-refractivity contribution in [2.24, 2.45) is 11.8 Å². The molecule has 4 unspecified atom stereocenters. The van der Waals surface area contributed by atoms with E-state index in [2.05, 4.69) is 16.7 Å². The molecule has 0 radical (unpaired) electrons. The van der Waals surface area contributed by atoms with E-state index in [4.69, 9.17) is 0 Å². The van der Waals surface area contributed by atoms with Crippen LogP contribution in [-0.2, 0) is 0 Å². The van der Waals surface area contributed by atoms with Crippen LogP contribution in [0.15, 0.2) is 0 Å². The molecule has 3 rings (SSSR count). The van der Waals surface area contributed by atoms with Crippen LogP contribution in [0, 0.1) is 11.8 Å². The molecule has 2 amide bonds. The van der Waals surface area contributed by atoms with Crippen molar-refractivity contribution in [1.29, 1.82) is 0 Å². The first kappa shape index (κ1) is 15.1. The third-order valence-corrected chi connectivity index (χ3v) is 5.75. The van der Waals surface area contributed by atoms with Gasteiger partial charge in [-0.2, -0.15) is 0 Å². The average Bonchev–Trinajstić information content (AvgIpc) is 2.96. The second-order valence-electron chi connectivity index (χ2n) is 7.39. The quantitative estimate of drug-likeness (QED) is 0.808. The number of likely N-dealkylation sites (tertiary alicyclic amines) is 2. The summed E-state index contributed by atoms with van der Waals surface area (Å²) in [6.07, 6.45) is 8.72. The summed E-state index contributed by atoms with van der Waals surface area (Å²) in [5.41, 5.74) is 0. The number of piperidine rings is 1. The largest absolute Gasteiger partial charge is 0.393 e. The number of hydrogen-bond donors (Lipinski definition) is 1. The third kappa shape index (κ3) is 3.20. The number of amides is 2. The highest BCUT2D eigenvalue weighted by Crippen LogP contribution is 2.35. The predicted molar refractivity (Wildman–Crippen MR) is 83.1 cm³/mol. The average molecular weight is 294 g/mol. The number of rotatable bonds is 1. The van der Waals surface area contributed by atoms with Crippen LogP contribution < -0.4 is 0 Å². The minimum atomic E-state index is -0.197. The number of hydrogen-bond acceptors (Lipinski definition) is 2. The fourth-order valence-electron chi connectivity index (χ4n) is 4.61. The summed E-state index contributed by atoms with van der Waals surface area (Å²) in [5.74, 6) is 0.941. The van der Waals surface area contributed by atoms with Crippen LogP contribution in [0.4, 0.5) is 4.79 Å². The van der Waals surface area contributed by atoms with Crippen LogP contribution in [-0.4, -0.2) is 52.7 Å². The van der Waals surface area contributed by atoms with Gasteiger partial charge in [0.2, 0.25) is 0 Å². The summed E-state index contributed by atoms with van der Waals surface area (Å²) in [6.45, 7) is 4.96. The van der Waals surface area contributed by atoms with E-state index < -0.39 is 0 Å². The highest BCUT2D eigenvalue weighted by molar-refractivity contribution is 5.75. The van der Waals surface area contributed by atoms with Gasteiger partial charge in [-0.15, -0.1) is 0 Å².